The monoisotopic (exact) mass is 330 g/mol. The minimum Gasteiger partial charge on any atom is -0.496 e. The van der Waals surface area contributed by atoms with Crippen molar-refractivity contribution < 1.29 is 23.9 Å². The molecule has 0 bridgehead atoms. The van der Waals surface area contributed by atoms with E-state index in [2.05, 4.69) is 5.32 Å². The number of nitrogens with zero attached hydrogens (tertiary/aromatic N) is 1. The van der Waals surface area contributed by atoms with Gasteiger partial charge in [0, 0.05) is 5.56 Å². The highest BCUT2D eigenvalue weighted by Gasteiger charge is 2.19. The number of anilines is 1. The molecular formula is C16H14N2O6. The summed E-state index contributed by atoms with van der Waals surface area (Å²) >= 11 is 0. The molecule has 1 N–H and O–H groups in total. The molecule has 8 nitrogen and oxygen atoms in total. The number of nitro groups is 1. The molecule has 1 aliphatic rings. The zero-order valence-corrected chi connectivity index (χ0v) is 12.8. The van der Waals surface area contributed by atoms with Crippen LogP contribution in [0.2, 0.25) is 0 Å². The smallest absolute Gasteiger partial charge is 0.296 e. The van der Waals surface area contributed by atoms with Crippen LogP contribution in [0.5, 0.6) is 17.2 Å². The van der Waals surface area contributed by atoms with E-state index in [9.17, 15) is 14.9 Å². The van der Waals surface area contributed by atoms with Crippen LogP contribution in [-0.2, 0) is 0 Å². The normalized spacial score (nSPS) is 12.4. The Kier molecular flexibility index (Phi) is 4.19. The summed E-state index contributed by atoms with van der Waals surface area (Å²) in [5.41, 5.74) is 0.144. The average Bonchev–Trinajstić information content (AvgIpc) is 2.61. The van der Waals surface area contributed by atoms with E-state index in [4.69, 9.17) is 14.2 Å². The Bertz CT molecular complexity index is 805. The highest BCUT2D eigenvalue weighted by atomic mass is 16.6. The lowest BCUT2D eigenvalue weighted by Crippen LogP contribution is -2.17. The van der Waals surface area contributed by atoms with E-state index in [-0.39, 0.29) is 11.4 Å². The van der Waals surface area contributed by atoms with E-state index in [0.717, 1.165) is 0 Å². The number of carbonyl (C=O) groups excluding carboxylic acids is 1. The van der Waals surface area contributed by atoms with Crippen molar-refractivity contribution in [2.45, 2.75) is 0 Å². The average molecular weight is 330 g/mol. The zero-order chi connectivity index (χ0) is 17.1. The van der Waals surface area contributed by atoms with Crippen molar-refractivity contribution in [3.05, 3.63) is 52.1 Å². The van der Waals surface area contributed by atoms with Gasteiger partial charge in [0.25, 0.3) is 11.6 Å². The topological polar surface area (TPSA) is 99.9 Å². The number of carbonyl (C=O) groups is 1. The van der Waals surface area contributed by atoms with Crippen LogP contribution in [0, 0.1) is 10.1 Å². The van der Waals surface area contributed by atoms with Crippen molar-refractivity contribution in [1.82, 2.24) is 0 Å². The lowest BCUT2D eigenvalue weighted by Gasteiger charge is -2.18. The fourth-order valence-electron chi connectivity index (χ4n) is 2.27. The summed E-state index contributed by atoms with van der Waals surface area (Å²) in [5, 5.41) is 13.7. The van der Waals surface area contributed by atoms with Crippen LogP contribution in [0.4, 0.5) is 11.4 Å². The molecule has 1 aliphatic heterocycles. The van der Waals surface area contributed by atoms with Gasteiger partial charge in [0.15, 0.2) is 11.5 Å². The Morgan fingerprint density at radius 3 is 2.62 bits per heavy atom. The fourth-order valence-corrected chi connectivity index (χ4v) is 2.27. The Morgan fingerprint density at radius 1 is 1.17 bits per heavy atom. The van der Waals surface area contributed by atoms with E-state index in [1.165, 1.54) is 25.3 Å². The number of amides is 1. The second-order valence-corrected chi connectivity index (χ2v) is 4.95. The van der Waals surface area contributed by atoms with Crippen molar-refractivity contribution in [3.63, 3.8) is 0 Å². The van der Waals surface area contributed by atoms with Gasteiger partial charge in [-0.1, -0.05) is 0 Å². The Morgan fingerprint density at radius 2 is 1.92 bits per heavy atom. The van der Waals surface area contributed by atoms with E-state index in [1.54, 1.807) is 18.2 Å². The quantitative estimate of drug-likeness (QED) is 0.683. The van der Waals surface area contributed by atoms with Crippen LogP contribution in [-0.4, -0.2) is 31.2 Å². The van der Waals surface area contributed by atoms with Gasteiger partial charge in [-0.15, -0.1) is 0 Å². The fraction of sp³-hybridized carbons (Fsp3) is 0.188. The minimum atomic E-state index is -0.581. The molecule has 0 radical (unpaired) electrons. The van der Waals surface area contributed by atoms with Gasteiger partial charge in [0.05, 0.1) is 18.1 Å². The van der Waals surface area contributed by atoms with Gasteiger partial charge in [0.2, 0.25) is 0 Å². The van der Waals surface area contributed by atoms with Crippen LogP contribution in [0.15, 0.2) is 36.4 Å². The minimum absolute atomic E-state index is 0.0840. The number of ether oxygens (including phenoxy) is 3. The van der Waals surface area contributed by atoms with Crippen LogP contribution < -0.4 is 19.5 Å². The zero-order valence-electron chi connectivity index (χ0n) is 12.8. The maximum atomic E-state index is 12.4. The number of nitro benzene ring substituents is 1. The molecule has 2 aromatic carbocycles. The summed E-state index contributed by atoms with van der Waals surface area (Å²) < 4.78 is 15.8. The van der Waals surface area contributed by atoms with Gasteiger partial charge >= 0.3 is 0 Å². The molecular weight excluding hydrogens is 316 g/mol. The van der Waals surface area contributed by atoms with E-state index < -0.39 is 10.8 Å². The molecule has 0 fully saturated rings. The number of hydrogen-bond donors (Lipinski definition) is 1. The Hall–Kier alpha value is -3.29. The number of benzene rings is 2. The molecule has 0 aliphatic carbocycles. The van der Waals surface area contributed by atoms with E-state index >= 15 is 0 Å². The van der Waals surface area contributed by atoms with Crippen LogP contribution in [0.1, 0.15) is 10.4 Å². The molecule has 124 valence electrons. The van der Waals surface area contributed by atoms with Crippen molar-refractivity contribution in [1.29, 1.82) is 0 Å². The molecule has 8 heteroatoms. The van der Waals surface area contributed by atoms with E-state index in [1.807, 2.05) is 0 Å². The second-order valence-electron chi connectivity index (χ2n) is 4.95. The molecule has 0 saturated carbocycles. The molecule has 0 spiro atoms. The van der Waals surface area contributed by atoms with Gasteiger partial charge in [-0.3, -0.25) is 14.9 Å². The summed E-state index contributed by atoms with van der Waals surface area (Å²) in [6.07, 6.45) is 0. The molecule has 3 rings (SSSR count). The summed E-state index contributed by atoms with van der Waals surface area (Å²) in [5.74, 6) is 0.880. The largest absolute Gasteiger partial charge is 0.496 e. The highest BCUT2D eigenvalue weighted by Crippen LogP contribution is 2.32. The van der Waals surface area contributed by atoms with Gasteiger partial charge < -0.3 is 19.5 Å². The summed E-state index contributed by atoms with van der Waals surface area (Å²) in [6, 6.07) is 8.95. The predicted molar refractivity (Wildman–Crippen MR) is 85.0 cm³/mol. The van der Waals surface area contributed by atoms with Gasteiger partial charge in [-0.05, 0) is 30.3 Å². The van der Waals surface area contributed by atoms with Gasteiger partial charge in [0.1, 0.15) is 24.7 Å². The van der Waals surface area contributed by atoms with E-state index in [0.29, 0.717) is 36.0 Å². The third kappa shape index (κ3) is 3.07. The van der Waals surface area contributed by atoms with Crippen molar-refractivity contribution in [2.24, 2.45) is 0 Å². The van der Waals surface area contributed by atoms with Crippen molar-refractivity contribution >= 4 is 17.3 Å². The van der Waals surface area contributed by atoms with Crippen molar-refractivity contribution in [3.8, 4) is 17.2 Å². The van der Waals surface area contributed by atoms with Gasteiger partial charge in [-0.25, -0.2) is 0 Å². The Balaban J connectivity index is 1.86. The molecule has 0 atom stereocenters. The molecule has 1 amide bonds. The van der Waals surface area contributed by atoms with Crippen LogP contribution in [0.25, 0.3) is 0 Å². The predicted octanol–water partition coefficient (Wildman–Crippen LogP) is 2.63. The number of methoxy groups -OCH3 is 1. The van der Waals surface area contributed by atoms with Crippen LogP contribution in [0.3, 0.4) is 0 Å². The first kappa shape index (κ1) is 15.6. The molecule has 0 saturated heterocycles. The lowest BCUT2D eigenvalue weighted by molar-refractivity contribution is -0.384. The first-order valence-corrected chi connectivity index (χ1v) is 7.12. The number of hydrogen-bond acceptors (Lipinski definition) is 6. The third-order valence-electron chi connectivity index (χ3n) is 3.45. The lowest BCUT2D eigenvalue weighted by atomic mass is 10.1. The number of rotatable bonds is 4. The summed E-state index contributed by atoms with van der Waals surface area (Å²) in [6.45, 7) is 0.860. The molecule has 0 aromatic heterocycles. The van der Waals surface area contributed by atoms with Crippen molar-refractivity contribution in [2.75, 3.05) is 25.6 Å². The van der Waals surface area contributed by atoms with Gasteiger partial charge in [-0.2, -0.15) is 0 Å². The Labute approximate surface area is 137 Å². The highest BCUT2D eigenvalue weighted by molar-refractivity contribution is 6.05. The summed E-state index contributed by atoms with van der Waals surface area (Å²) in [7, 11) is 1.41. The summed E-state index contributed by atoms with van der Waals surface area (Å²) in [4.78, 5) is 22.9. The third-order valence-corrected chi connectivity index (χ3v) is 3.45. The molecule has 1 heterocycles. The van der Waals surface area contributed by atoms with Crippen LogP contribution >= 0.6 is 0 Å². The first-order chi connectivity index (χ1) is 11.6. The standard InChI is InChI=1S/C16H14N2O6/c1-22-11-3-4-12(13(9-11)18(20)21)17-16(19)10-2-5-14-15(8-10)24-7-6-23-14/h2-5,8-9H,6-7H2,1H3,(H,17,19). The second kappa shape index (κ2) is 6.45. The first-order valence-electron chi connectivity index (χ1n) is 7.12. The number of fused-ring (bicyclic) bond motifs is 1. The number of nitrogens with one attached hydrogen (secondary N) is 1. The molecule has 2 aromatic rings. The maximum Gasteiger partial charge on any atom is 0.296 e. The maximum absolute atomic E-state index is 12.4. The molecule has 24 heavy (non-hydrogen) atoms. The SMILES string of the molecule is COc1ccc(NC(=O)c2ccc3c(c2)OCCO3)c([N+](=O)[O-])c1. The molecule has 0 unspecified atom stereocenters.